The average Bonchev–Trinajstić information content (AvgIpc) is 2.93. The van der Waals surface area contributed by atoms with Gasteiger partial charge < -0.3 is 24.8 Å². The first-order chi connectivity index (χ1) is 18.5. The lowest BCUT2D eigenvalue weighted by atomic mass is 9.70. The summed E-state index contributed by atoms with van der Waals surface area (Å²) in [6.07, 6.45) is 0.0209. The number of benzene rings is 3. The van der Waals surface area contributed by atoms with Crippen LogP contribution < -0.4 is 15.0 Å². The Morgan fingerprint density at radius 2 is 1.71 bits per heavy atom. The van der Waals surface area contributed by atoms with Crippen molar-refractivity contribution < 1.29 is 19.4 Å². The summed E-state index contributed by atoms with van der Waals surface area (Å²) in [6.45, 7) is 1.46. The molecular weight excluding hydrogens is 478 g/mol. The number of ether oxygens (including phenoxy) is 2. The topological polar surface area (TPSA) is 74.3 Å². The fourth-order valence-corrected chi connectivity index (χ4v) is 6.36. The smallest absolute Gasteiger partial charge is 0.496 e. The highest BCUT2D eigenvalue weighted by molar-refractivity contribution is 5.57. The first kappa shape index (κ1) is 26.1. The van der Waals surface area contributed by atoms with Gasteiger partial charge in [0.05, 0.1) is 7.11 Å². The van der Waals surface area contributed by atoms with E-state index in [0.29, 0.717) is 13.0 Å². The molecule has 0 aliphatic carbocycles. The lowest BCUT2D eigenvalue weighted by Gasteiger charge is -2.56. The van der Waals surface area contributed by atoms with Gasteiger partial charge in [0.1, 0.15) is 5.75 Å². The Bertz CT molecular complexity index is 1180. The van der Waals surface area contributed by atoms with E-state index in [2.05, 4.69) is 75.8 Å². The maximum Gasteiger partial charge on any atom is 0.507 e. The Balaban J connectivity index is 1.53. The van der Waals surface area contributed by atoms with Gasteiger partial charge in [-0.1, -0.05) is 60.7 Å². The maximum atomic E-state index is 11.6. The molecule has 200 valence electrons. The molecule has 3 saturated heterocycles. The van der Waals surface area contributed by atoms with Crippen LogP contribution in [0.1, 0.15) is 35.4 Å². The van der Waals surface area contributed by atoms with Gasteiger partial charge in [-0.05, 0) is 41.7 Å². The van der Waals surface area contributed by atoms with Gasteiger partial charge in [-0.3, -0.25) is 4.90 Å². The summed E-state index contributed by atoms with van der Waals surface area (Å²) in [5, 5.41) is 13.4. The van der Waals surface area contributed by atoms with Crippen LogP contribution in [-0.2, 0) is 11.3 Å². The zero-order valence-corrected chi connectivity index (χ0v) is 22.3. The van der Waals surface area contributed by atoms with Crippen LogP contribution >= 0.6 is 0 Å². The molecule has 0 saturated carbocycles. The molecule has 5 atom stereocenters. The van der Waals surface area contributed by atoms with Gasteiger partial charge in [0.15, 0.2) is 6.23 Å². The Kier molecular flexibility index (Phi) is 7.86. The van der Waals surface area contributed by atoms with Crippen LogP contribution in [0.5, 0.6) is 5.75 Å². The summed E-state index contributed by atoms with van der Waals surface area (Å²) in [7, 11) is 5.78. The average molecular weight is 516 g/mol. The van der Waals surface area contributed by atoms with Crippen molar-refractivity contribution >= 4 is 11.8 Å². The zero-order chi connectivity index (χ0) is 26.6. The quantitative estimate of drug-likeness (QED) is 0.381. The van der Waals surface area contributed by atoms with Crippen molar-refractivity contribution in [2.24, 2.45) is 5.92 Å². The highest BCUT2D eigenvalue weighted by Gasteiger charge is 2.51. The van der Waals surface area contributed by atoms with Crippen molar-refractivity contribution in [1.82, 2.24) is 10.2 Å². The molecule has 3 fully saturated rings. The summed E-state index contributed by atoms with van der Waals surface area (Å²) in [4.78, 5) is 16.0. The summed E-state index contributed by atoms with van der Waals surface area (Å²) in [5.74, 6) is 1.19. The number of piperidine rings is 3. The number of hydrogen-bond donors (Lipinski definition) is 2. The molecule has 2 bridgehead atoms. The van der Waals surface area contributed by atoms with Crippen molar-refractivity contribution in [3.8, 4) is 5.75 Å². The van der Waals surface area contributed by atoms with Gasteiger partial charge in [0.2, 0.25) is 0 Å². The Hall–Kier alpha value is -3.55. The number of carboxylic acid groups (broad SMARTS) is 1. The number of rotatable bonds is 9. The largest absolute Gasteiger partial charge is 0.507 e. The Labute approximate surface area is 225 Å². The van der Waals surface area contributed by atoms with Gasteiger partial charge in [-0.2, -0.15) is 0 Å². The van der Waals surface area contributed by atoms with E-state index in [0.717, 1.165) is 30.0 Å². The summed E-state index contributed by atoms with van der Waals surface area (Å²) < 4.78 is 11.2. The highest BCUT2D eigenvalue weighted by Crippen LogP contribution is 2.45. The molecule has 0 amide bonds. The molecule has 3 aromatic rings. The molecule has 3 aliphatic heterocycles. The molecule has 6 rings (SSSR count). The molecular formula is C31H37N3O4. The second-order valence-electron chi connectivity index (χ2n) is 10.4. The Morgan fingerprint density at radius 3 is 2.29 bits per heavy atom. The predicted molar refractivity (Wildman–Crippen MR) is 149 cm³/mol. The van der Waals surface area contributed by atoms with Gasteiger partial charge in [-0.15, -0.1) is 0 Å². The van der Waals surface area contributed by atoms with Crippen molar-refractivity contribution in [3.05, 3.63) is 95.6 Å². The molecule has 3 heterocycles. The minimum absolute atomic E-state index is 0.0136. The van der Waals surface area contributed by atoms with E-state index >= 15 is 0 Å². The van der Waals surface area contributed by atoms with E-state index in [1.165, 1.54) is 11.1 Å². The van der Waals surface area contributed by atoms with Crippen LogP contribution in [0.2, 0.25) is 0 Å². The zero-order valence-electron chi connectivity index (χ0n) is 22.3. The van der Waals surface area contributed by atoms with E-state index in [1.54, 1.807) is 7.11 Å². The number of hydrogen-bond acceptors (Lipinski definition) is 6. The van der Waals surface area contributed by atoms with Gasteiger partial charge in [0, 0.05) is 62.9 Å². The molecule has 3 aromatic carbocycles. The third kappa shape index (κ3) is 5.35. The molecule has 0 spiro atoms. The molecule has 2 unspecified atom stereocenters. The maximum absolute atomic E-state index is 11.6. The SMILES string of the molecule is COc1ccc(N(C)C)cc1CN[C@H]1[C@H]2CCN(C(OC(=O)O)C2)[C@H]1C(c1ccccc1)c1ccccc1. The number of nitrogens with one attached hydrogen (secondary N) is 1. The third-order valence-corrected chi connectivity index (χ3v) is 8.10. The fourth-order valence-electron chi connectivity index (χ4n) is 6.36. The van der Waals surface area contributed by atoms with E-state index in [1.807, 2.05) is 32.3 Å². The van der Waals surface area contributed by atoms with Crippen LogP contribution in [0.15, 0.2) is 78.9 Å². The summed E-state index contributed by atoms with van der Waals surface area (Å²) in [5.41, 5.74) is 4.64. The predicted octanol–water partition coefficient (Wildman–Crippen LogP) is 5.17. The third-order valence-electron chi connectivity index (χ3n) is 8.10. The lowest BCUT2D eigenvalue weighted by molar-refractivity contribution is -0.139. The van der Waals surface area contributed by atoms with Gasteiger partial charge >= 0.3 is 6.16 Å². The molecule has 7 heteroatoms. The Morgan fingerprint density at radius 1 is 1.05 bits per heavy atom. The lowest BCUT2D eigenvalue weighted by Crippen LogP contribution is -2.68. The van der Waals surface area contributed by atoms with Crippen molar-refractivity contribution in [2.45, 2.75) is 43.6 Å². The summed E-state index contributed by atoms with van der Waals surface area (Å²) >= 11 is 0. The monoisotopic (exact) mass is 515 g/mol. The van der Waals surface area contributed by atoms with Crippen molar-refractivity contribution in [1.29, 1.82) is 0 Å². The fraction of sp³-hybridized carbons (Fsp3) is 0.387. The first-order valence-electron chi connectivity index (χ1n) is 13.3. The van der Waals surface area contributed by atoms with E-state index < -0.39 is 12.4 Å². The highest BCUT2D eigenvalue weighted by atomic mass is 16.7. The molecule has 0 aromatic heterocycles. The van der Waals surface area contributed by atoms with Crippen LogP contribution in [0.25, 0.3) is 0 Å². The second-order valence-corrected chi connectivity index (χ2v) is 10.4. The van der Waals surface area contributed by atoms with Gasteiger partial charge in [-0.25, -0.2) is 4.79 Å². The normalized spacial score (nSPS) is 24.3. The number of methoxy groups -OCH3 is 1. The number of nitrogens with zero attached hydrogens (tertiary/aromatic N) is 2. The van der Waals surface area contributed by atoms with E-state index in [9.17, 15) is 9.90 Å². The molecule has 2 N–H and O–H groups in total. The second kappa shape index (κ2) is 11.5. The molecule has 3 aliphatic rings. The van der Waals surface area contributed by atoms with Crippen molar-refractivity contribution in [2.75, 3.05) is 32.6 Å². The number of anilines is 1. The van der Waals surface area contributed by atoms with Gasteiger partial charge in [0.25, 0.3) is 0 Å². The number of fused-ring (bicyclic) bond motifs is 3. The van der Waals surface area contributed by atoms with Crippen LogP contribution in [-0.4, -0.2) is 62.2 Å². The standard InChI is InChI=1S/C31H37N3O4/c1-33(2)25-14-15-26(37-3)24(18-25)20-32-29-23-16-17-34(27(19-23)38-31(35)36)30(29)28(21-10-6-4-7-11-21)22-12-8-5-9-13-22/h4-15,18,23,27-30,32H,16-17,19-20H2,1-3H3,(H,35,36)/t23-,27?,29-,30-/m0/s1. The minimum Gasteiger partial charge on any atom is -0.496 e. The molecule has 7 nitrogen and oxygen atoms in total. The van der Waals surface area contributed by atoms with Crippen LogP contribution in [0, 0.1) is 5.92 Å². The molecule has 38 heavy (non-hydrogen) atoms. The number of carbonyl (C=O) groups is 1. The van der Waals surface area contributed by atoms with Crippen molar-refractivity contribution in [3.63, 3.8) is 0 Å². The first-order valence-corrected chi connectivity index (χ1v) is 13.3. The van der Waals surface area contributed by atoms with E-state index in [4.69, 9.17) is 9.47 Å². The van der Waals surface area contributed by atoms with Crippen LogP contribution in [0.4, 0.5) is 10.5 Å². The molecule has 0 radical (unpaired) electrons. The van der Waals surface area contributed by atoms with E-state index in [-0.39, 0.29) is 23.9 Å². The summed E-state index contributed by atoms with van der Waals surface area (Å²) in [6, 6.07) is 27.5. The minimum atomic E-state index is -1.22. The van der Waals surface area contributed by atoms with Crippen LogP contribution in [0.3, 0.4) is 0 Å².